The summed E-state index contributed by atoms with van der Waals surface area (Å²) in [7, 11) is -3.48. The van der Waals surface area contributed by atoms with Crippen molar-refractivity contribution < 1.29 is 32.3 Å². The lowest BCUT2D eigenvalue weighted by molar-refractivity contribution is -0.142. The highest BCUT2D eigenvalue weighted by atomic mass is 32.2. The van der Waals surface area contributed by atoms with Crippen LogP contribution in [-0.4, -0.2) is 56.7 Å². The van der Waals surface area contributed by atoms with Crippen LogP contribution in [0.3, 0.4) is 0 Å². The zero-order valence-corrected chi connectivity index (χ0v) is 23.7. The van der Waals surface area contributed by atoms with E-state index in [1.807, 2.05) is 65.4 Å². The second-order valence-corrected chi connectivity index (χ2v) is 11.6. The van der Waals surface area contributed by atoms with Crippen molar-refractivity contribution in [3.05, 3.63) is 78.5 Å². The summed E-state index contributed by atoms with van der Waals surface area (Å²) in [5.41, 5.74) is 1.50. The molecule has 1 atom stereocenters. The van der Waals surface area contributed by atoms with E-state index in [-0.39, 0.29) is 5.69 Å². The van der Waals surface area contributed by atoms with E-state index < -0.39 is 46.4 Å². The maximum absolute atomic E-state index is 13.1. The van der Waals surface area contributed by atoms with Gasteiger partial charge >= 0.3 is 22.3 Å². The molecule has 0 saturated carbocycles. The SMILES string of the molecule is COC(=O)C(CNC(=O)c1ccc2cccc(-c3cccc4ccccc34)c2n1)NS(=O)(=O)NC(=O)OC(C)(C)C. The average Bonchev–Trinajstić information content (AvgIpc) is 2.92. The maximum Gasteiger partial charge on any atom is 0.422 e. The Morgan fingerprint density at radius 3 is 2.24 bits per heavy atom. The molecule has 0 bridgehead atoms. The minimum atomic E-state index is -4.55. The van der Waals surface area contributed by atoms with Gasteiger partial charge in [-0.2, -0.15) is 13.1 Å². The van der Waals surface area contributed by atoms with Gasteiger partial charge in [0, 0.05) is 17.5 Å². The fourth-order valence-corrected chi connectivity index (χ4v) is 5.05. The number of esters is 1. The number of fused-ring (bicyclic) bond motifs is 2. The summed E-state index contributed by atoms with van der Waals surface area (Å²) in [5.74, 6) is -1.63. The molecule has 0 spiro atoms. The number of carbonyl (C=O) groups excluding carboxylic acids is 3. The molecule has 12 heteroatoms. The molecule has 0 fully saturated rings. The Morgan fingerprint density at radius 2 is 1.54 bits per heavy atom. The van der Waals surface area contributed by atoms with Crippen molar-refractivity contribution in [2.75, 3.05) is 13.7 Å². The summed E-state index contributed by atoms with van der Waals surface area (Å²) in [5, 5.41) is 5.43. The van der Waals surface area contributed by atoms with Crippen LogP contribution in [-0.2, 0) is 24.5 Å². The number of rotatable bonds is 8. The Bertz CT molecular complexity index is 1730. The lowest BCUT2D eigenvalue weighted by Crippen LogP contribution is -2.53. The molecule has 1 unspecified atom stereocenters. The molecule has 41 heavy (non-hydrogen) atoms. The van der Waals surface area contributed by atoms with Crippen molar-refractivity contribution in [2.45, 2.75) is 32.4 Å². The first-order chi connectivity index (χ1) is 19.4. The largest absolute Gasteiger partial charge is 0.468 e. The quantitative estimate of drug-likeness (QED) is 0.268. The highest BCUT2D eigenvalue weighted by Crippen LogP contribution is 2.33. The molecule has 1 aromatic heterocycles. The van der Waals surface area contributed by atoms with E-state index >= 15 is 0 Å². The van der Waals surface area contributed by atoms with Crippen molar-refractivity contribution >= 4 is 49.9 Å². The number of pyridine rings is 1. The molecule has 11 nitrogen and oxygen atoms in total. The number of carbonyl (C=O) groups is 3. The number of ether oxygens (including phenoxy) is 2. The molecule has 0 saturated heterocycles. The summed E-state index contributed by atoms with van der Waals surface area (Å²) in [6.45, 7) is 4.20. The third-order valence-corrected chi connectivity index (χ3v) is 6.93. The van der Waals surface area contributed by atoms with Gasteiger partial charge in [0.05, 0.1) is 12.6 Å². The summed E-state index contributed by atoms with van der Waals surface area (Å²) in [6.07, 6.45) is -1.24. The van der Waals surface area contributed by atoms with E-state index in [0.717, 1.165) is 34.4 Å². The minimum Gasteiger partial charge on any atom is -0.468 e. The van der Waals surface area contributed by atoms with Crippen LogP contribution in [0.15, 0.2) is 72.8 Å². The molecule has 3 N–H and O–H groups in total. The van der Waals surface area contributed by atoms with Gasteiger partial charge in [-0.15, -0.1) is 0 Å². The van der Waals surface area contributed by atoms with E-state index in [2.05, 4.69) is 15.0 Å². The molecule has 0 aliphatic carbocycles. The van der Waals surface area contributed by atoms with E-state index in [9.17, 15) is 22.8 Å². The van der Waals surface area contributed by atoms with Gasteiger partial charge in [-0.3, -0.25) is 9.59 Å². The number of nitrogens with zero attached hydrogens (tertiary/aromatic N) is 1. The van der Waals surface area contributed by atoms with Gasteiger partial charge in [0.1, 0.15) is 17.3 Å². The molecule has 0 aliphatic rings. The third kappa shape index (κ3) is 7.35. The lowest BCUT2D eigenvalue weighted by Gasteiger charge is -2.21. The molecular weight excluding hydrogens is 548 g/mol. The summed E-state index contributed by atoms with van der Waals surface area (Å²) in [6, 6.07) is 21.4. The van der Waals surface area contributed by atoms with Crippen LogP contribution in [0.25, 0.3) is 32.8 Å². The Labute approximate surface area is 237 Å². The van der Waals surface area contributed by atoms with Gasteiger partial charge in [0.25, 0.3) is 5.91 Å². The highest BCUT2D eigenvalue weighted by molar-refractivity contribution is 7.88. The van der Waals surface area contributed by atoms with Crippen LogP contribution >= 0.6 is 0 Å². The topological polar surface area (TPSA) is 153 Å². The van der Waals surface area contributed by atoms with Crippen molar-refractivity contribution in [3.8, 4) is 11.1 Å². The first-order valence-electron chi connectivity index (χ1n) is 12.6. The predicted molar refractivity (Wildman–Crippen MR) is 154 cm³/mol. The Kier molecular flexibility index (Phi) is 8.55. The standard InChI is InChI=1S/C29H30N4O7S/c1-29(2,3)40-28(36)33-41(37,38)32-24(27(35)39-4)17-30-26(34)23-16-15-19-11-8-14-22(25(19)31-23)21-13-7-10-18-9-5-6-12-20(18)21/h5-16,24,32H,17H2,1-4H3,(H,30,34)(H,33,36). The van der Waals surface area contributed by atoms with Crippen LogP contribution in [0.1, 0.15) is 31.3 Å². The maximum atomic E-state index is 13.1. The van der Waals surface area contributed by atoms with Crippen molar-refractivity contribution in [1.29, 1.82) is 0 Å². The zero-order valence-electron chi connectivity index (χ0n) is 22.9. The van der Waals surface area contributed by atoms with E-state index in [0.29, 0.717) is 5.52 Å². The molecule has 214 valence electrons. The van der Waals surface area contributed by atoms with Gasteiger partial charge in [0.2, 0.25) is 0 Å². The van der Waals surface area contributed by atoms with Gasteiger partial charge in [0.15, 0.2) is 0 Å². The number of hydrogen-bond acceptors (Lipinski definition) is 8. The third-order valence-electron chi connectivity index (χ3n) is 5.90. The summed E-state index contributed by atoms with van der Waals surface area (Å²) >= 11 is 0. The molecule has 2 amide bonds. The number of para-hydroxylation sites is 1. The van der Waals surface area contributed by atoms with Crippen molar-refractivity contribution in [2.24, 2.45) is 0 Å². The van der Waals surface area contributed by atoms with Gasteiger partial charge < -0.3 is 14.8 Å². The monoisotopic (exact) mass is 578 g/mol. The average molecular weight is 579 g/mol. The minimum absolute atomic E-state index is 0.0588. The molecule has 4 aromatic rings. The predicted octanol–water partition coefficient (Wildman–Crippen LogP) is 3.69. The number of nitrogens with one attached hydrogen (secondary N) is 3. The van der Waals surface area contributed by atoms with Crippen LogP contribution in [0.4, 0.5) is 4.79 Å². The molecular formula is C29H30N4O7S. The van der Waals surface area contributed by atoms with Gasteiger partial charge in [-0.05, 0) is 43.2 Å². The van der Waals surface area contributed by atoms with Crippen LogP contribution in [0.5, 0.6) is 0 Å². The summed E-state index contributed by atoms with van der Waals surface area (Å²) in [4.78, 5) is 41.9. The highest BCUT2D eigenvalue weighted by Gasteiger charge is 2.29. The number of methoxy groups -OCH3 is 1. The van der Waals surface area contributed by atoms with Crippen molar-refractivity contribution in [1.82, 2.24) is 19.7 Å². The zero-order chi connectivity index (χ0) is 29.8. The first-order valence-corrected chi connectivity index (χ1v) is 14.1. The Morgan fingerprint density at radius 1 is 0.878 bits per heavy atom. The smallest absolute Gasteiger partial charge is 0.422 e. The van der Waals surface area contributed by atoms with Gasteiger partial charge in [-0.1, -0.05) is 66.7 Å². The second-order valence-electron chi connectivity index (χ2n) is 10.1. The van der Waals surface area contributed by atoms with Gasteiger partial charge in [-0.25, -0.2) is 14.5 Å². The summed E-state index contributed by atoms with van der Waals surface area (Å²) < 4.78 is 38.1. The number of benzene rings is 3. The van der Waals surface area contributed by atoms with E-state index in [1.54, 1.807) is 31.6 Å². The number of hydrogen-bond donors (Lipinski definition) is 3. The van der Waals surface area contributed by atoms with Crippen LogP contribution in [0, 0.1) is 0 Å². The first kappa shape index (κ1) is 29.4. The lowest BCUT2D eigenvalue weighted by atomic mass is 9.96. The van der Waals surface area contributed by atoms with Crippen LogP contribution in [0.2, 0.25) is 0 Å². The Hall–Kier alpha value is -4.55. The Balaban J connectivity index is 1.55. The normalized spacial score (nSPS) is 12.5. The second kappa shape index (κ2) is 11.9. The molecule has 3 aromatic carbocycles. The molecule has 0 aliphatic heterocycles. The van der Waals surface area contributed by atoms with E-state index in [1.165, 1.54) is 6.07 Å². The molecule has 1 heterocycles. The number of amides is 2. The van der Waals surface area contributed by atoms with Crippen molar-refractivity contribution in [3.63, 3.8) is 0 Å². The molecule has 4 rings (SSSR count). The number of aromatic nitrogens is 1. The van der Waals surface area contributed by atoms with E-state index in [4.69, 9.17) is 4.74 Å². The molecule has 0 radical (unpaired) electrons. The van der Waals surface area contributed by atoms with Crippen LogP contribution < -0.4 is 14.8 Å². The fourth-order valence-electron chi connectivity index (χ4n) is 4.18. The fraction of sp³-hybridized carbons (Fsp3) is 0.241.